The Morgan fingerprint density at radius 3 is 2.18 bits per heavy atom. The van der Waals surface area contributed by atoms with Gasteiger partial charge in [-0.1, -0.05) is 66.7 Å². The molecule has 0 aliphatic carbocycles. The molecule has 0 radical (unpaired) electrons. The summed E-state index contributed by atoms with van der Waals surface area (Å²) in [4.78, 5) is 38.3. The Hall–Kier alpha value is -4.39. The molecule has 0 bridgehead atoms. The second-order valence-corrected chi connectivity index (χ2v) is 9.18. The van der Waals surface area contributed by atoms with E-state index in [9.17, 15) is 14.4 Å². The molecule has 196 valence electrons. The van der Waals surface area contributed by atoms with Crippen LogP contribution in [0.1, 0.15) is 34.8 Å². The molecule has 4 rings (SSSR count). The molecule has 7 nitrogen and oxygen atoms in total. The van der Waals surface area contributed by atoms with Crippen LogP contribution in [0.25, 0.3) is 0 Å². The second-order valence-electron chi connectivity index (χ2n) is 9.18. The monoisotopic (exact) mass is 512 g/mol. The predicted molar refractivity (Wildman–Crippen MR) is 145 cm³/mol. The van der Waals surface area contributed by atoms with E-state index in [0.717, 1.165) is 17.5 Å². The first kappa shape index (κ1) is 26.7. The number of nitrogens with one attached hydrogen (secondary N) is 2. The minimum absolute atomic E-state index is 0.100. The van der Waals surface area contributed by atoms with Crippen molar-refractivity contribution >= 4 is 17.6 Å². The molecule has 2 atom stereocenters. The summed E-state index contributed by atoms with van der Waals surface area (Å²) < 4.78 is 11.1. The molecule has 2 N–H and O–H groups in total. The zero-order valence-electron chi connectivity index (χ0n) is 21.4. The summed E-state index contributed by atoms with van der Waals surface area (Å²) in [5, 5.41) is 5.93. The van der Waals surface area contributed by atoms with Crippen LogP contribution in [0, 0.1) is 0 Å². The number of benzene rings is 3. The third-order valence-electron chi connectivity index (χ3n) is 6.19. The Bertz CT molecular complexity index is 1270. The van der Waals surface area contributed by atoms with Gasteiger partial charge < -0.3 is 20.1 Å². The van der Waals surface area contributed by atoms with Gasteiger partial charge in [0.2, 0.25) is 5.91 Å². The van der Waals surface area contributed by atoms with Gasteiger partial charge in [-0.3, -0.25) is 14.4 Å². The van der Waals surface area contributed by atoms with Crippen LogP contribution in [0.3, 0.4) is 0 Å². The average molecular weight is 513 g/mol. The van der Waals surface area contributed by atoms with E-state index in [1.165, 1.54) is 13.0 Å². The molecule has 0 unspecified atom stereocenters. The quantitative estimate of drug-likeness (QED) is 0.378. The number of carbonyl (C=O) groups is 3. The number of hydrogen-bond donors (Lipinski definition) is 2. The van der Waals surface area contributed by atoms with Gasteiger partial charge in [-0.05, 0) is 55.2 Å². The zero-order chi connectivity index (χ0) is 26.7. The maximum absolute atomic E-state index is 13.5. The third kappa shape index (κ3) is 7.80. The van der Waals surface area contributed by atoms with Gasteiger partial charge in [0.05, 0.1) is 0 Å². The first-order chi connectivity index (χ1) is 18.5. The maximum Gasteiger partial charge on any atom is 0.252 e. The van der Waals surface area contributed by atoms with Crippen LogP contribution in [0.5, 0.6) is 11.5 Å². The first-order valence-electron chi connectivity index (χ1n) is 12.8. The van der Waals surface area contributed by atoms with Gasteiger partial charge in [-0.15, -0.1) is 0 Å². The van der Waals surface area contributed by atoms with Gasteiger partial charge in [0.15, 0.2) is 17.3 Å². The summed E-state index contributed by atoms with van der Waals surface area (Å²) in [5.41, 5.74) is 2.42. The highest BCUT2D eigenvalue weighted by atomic mass is 16.6. The minimum atomic E-state index is -0.831. The summed E-state index contributed by atoms with van der Waals surface area (Å²) in [6.07, 6.45) is 4.82. The fourth-order valence-electron chi connectivity index (χ4n) is 4.20. The van der Waals surface area contributed by atoms with Gasteiger partial charge in [0, 0.05) is 18.0 Å². The second kappa shape index (κ2) is 13.2. The number of hydrogen-bond acceptors (Lipinski definition) is 5. The first-order valence-corrected chi connectivity index (χ1v) is 12.8. The Balaban J connectivity index is 1.50. The summed E-state index contributed by atoms with van der Waals surface area (Å²) in [6.45, 7) is 2.34. The van der Waals surface area contributed by atoms with E-state index >= 15 is 0 Å². The molecule has 0 saturated heterocycles. The number of carbonyl (C=O) groups excluding carboxylic acids is 3. The summed E-state index contributed by atoms with van der Waals surface area (Å²) in [6, 6.07) is 23.2. The topological polar surface area (TPSA) is 93.7 Å². The van der Waals surface area contributed by atoms with Gasteiger partial charge in [0.25, 0.3) is 5.91 Å². The maximum atomic E-state index is 13.5. The fraction of sp³-hybridized carbons (Fsp3) is 0.258. The average Bonchev–Trinajstić information content (AvgIpc) is 2.94. The van der Waals surface area contributed by atoms with Crippen molar-refractivity contribution in [1.82, 2.24) is 10.6 Å². The van der Waals surface area contributed by atoms with Crippen molar-refractivity contribution in [3.05, 3.63) is 108 Å². The van der Waals surface area contributed by atoms with E-state index < -0.39 is 11.9 Å². The molecule has 1 aliphatic rings. The normalized spacial score (nSPS) is 13.9. The molecule has 0 saturated carbocycles. The number of ketones is 1. The van der Waals surface area contributed by atoms with Gasteiger partial charge in [-0.2, -0.15) is 0 Å². The van der Waals surface area contributed by atoms with Crippen molar-refractivity contribution in [1.29, 1.82) is 0 Å². The highest BCUT2D eigenvalue weighted by molar-refractivity contribution is 5.98. The fourth-order valence-corrected chi connectivity index (χ4v) is 4.20. The van der Waals surface area contributed by atoms with Gasteiger partial charge in [-0.25, -0.2) is 0 Å². The Kier molecular flexibility index (Phi) is 9.29. The molecule has 3 aromatic carbocycles. The van der Waals surface area contributed by atoms with Crippen molar-refractivity contribution < 1.29 is 23.9 Å². The highest BCUT2D eigenvalue weighted by Gasteiger charge is 2.25. The van der Waals surface area contributed by atoms with Crippen molar-refractivity contribution in [2.24, 2.45) is 0 Å². The summed E-state index contributed by atoms with van der Waals surface area (Å²) in [7, 11) is 0. The molecule has 0 spiro atoms. The molecular weight excluding hydrogens is 480 g/mol. The Labute approximate surface area is 222 Å². The molecule has 0 fully saturated rings. The van der Waals surface area contributed by atoms with Gasteiger partial charge in [0.1, 0.15) is 19.3 Å². The number of aryl methyl sites for hydroxylation is 1. The van der Waals surface area contributed by atoms with Crippen LogP contribution >= 0.6 is 0 Å². The number of fused-ring (bicyclic) bond motifs is 1. The SMILES string of the molecule is CC(=O)/C=C/[C@H](CCc1ccccc1)NC(=O)[C@H](Cc1ccccc1)NC(=O)c1ccc2c(c1)OCCO2. The standard InChI is InChI=1S/C31H32N2O5/c1-22(34)12-15-26(16-13-23-8-4-2-5-9-23)32-31(36)27(20-24-10-6-3-7-11-24)33-30(35)25-14-17-28-29(21-25)38-19-18-37-28/h2-12,14-15,17,21,26-27H,13,16,18-20H2,1H3,(H,32,36)(H,33,35)/b15-12+/t26-,27+/m1/s1. The highest BCUT2D eigenvalue weighted by Crippen LogP contribution is 2.30. The van der Waals surface area contributed by atoms with Crippen LogP contribution in [-0.4, -0.2) is 42.9 Å². The number of allylic oxidation sites excluding steroid dienone is 1. The Morgan fingerprint density at radius 2 is 1.50 bits per heavy atom. The van der Waals surface area contributed by atoms with E-state index in [-0.39, 0.29) is 17.7 Å². The van der Waals surface area contributed by atoms with Gasteiger partial charge >= 0.3 is 0 Å². The smallest absolute Gasteiger partial charge is 0.252 e. The van der Waals surface area contributed by atoms with Crippen LogP contribution < -0.4 is 20.1 Å². The molecule has 1 aliphatic heterocycles. The summed E-state index contributed by atoms with van der Waals surface area (Å²) >= 11 is 0. The molecule has 2 amide bonds. The van der Waals surface area contributed by atoms with Crippen LogP contribution in [0.15, 0.2) is 91.0 Å². The van der Waals surface area contributed by atoms with E-state index in [1.54, 1.807) is 24.3 Å². The lowest BCUT2D eigenvalue weighted by atomic mass is 10.0. The molecule has 3 aromatic rings. The Morgan fingerprint density at radius 1 is 0.842 bits per heavy atom. The lowest BCUT2D eigenvalue weighted by Gasteiger charge is -2.23. The van der Waals surface area contributed by atoms with Crippen LogP contribution in [-0.2, 0) is 22.4 Å². The van der Waals surface area contributed by atoms with Crippen LogP contribution in [0.4, 0.5) is 0 Å². The third-order valence-corrected chi connectivity index (χ3v) is 6.19. The largest absolute Gasteiger partial charge is 0.486 e. The number of ether oxygens (including phenoxy) is 2. The number of amides is 2. The lowest BCUT2D eigenvalue weighted by Crippen LogP contribution is -2.50. The van der Waals surface area contributed by atoms with E-state index in [2.05, 4.69) is 10.6 Å². The molecule has 7 heteroatoms. The number of rotatable bonds is 11. The molecular formula is C31H32N2O5. The molecule has 0 aromatic heterocycles. The zero-order valence-corrected chi connectivity index (χ0v) is 21.4. The predicted octanol–water partition coefficient (Wildman–Crippen LogP) is 4.06. The molecule has 1 heterocycles. The van der Waals surface area contributed by atoms with Crippen molar-refractivity contribution in [2.75, 3.05) is 13.2 Å². The van der Waals surface area contributed by atoms with Crippen molar-refractivity contribution in [2.45, 2.75) is 38.3 Å². The van der Waals surface area contributed by atoms with E-state index in [0.29, 0.717) is 43.1 Å². The van der Waals surface area contributed by atoms with Crippen molar-refractivity contribution in [3.63, 3.8) is 0 Å². The minimum Gasteiger partial charge on any atom is -0.486 e. The summed E-state index contributed by atoms with van der Waals surface area (Å²) in [5.74, 6) is 0.272. The van der Waals surface area contributed by atoms with E-state index in [1.807, 2.05) is 60.7 Å². The molecule has 38 heavy (non-hydrogen) atoms. The van der Waals surface area contributed by atoms with E-state index in [4.69, 9.17) is 9.47 Å². The lowest BCUT2D eigenvalue weighted by molar-refractivity contribution is -0.123. The van der Waals surface area contributed by atoms with Crippen LogP contribution in [0.2, 0.25) is 0 Å². The van der Waals surface area contributed by atoms with Crippen molar-refractivity contribution in [3.8, 4) is 11.5 Å².